The molecule has 8 nitrogen and oxygen atoms in total. The quantitative estimate of drug-likeness (QED) is 0.435. The highest BCUT2D eigenvalue weighted by Gasteiger charge is 2.34. The van der Waals surface area contributed by atoms with Crippen LogP contribution in [0.15, 0.2) is 41.3 Å². The van der Waals surface area contributed by atoms with Gasteiger partial charge in [0.2, 0.25) is 17.7 Å². The topological polar surface area (TPSA) is 130 Å². The number of carboxylic acids is 1. The van der Waals surface area contributed by atoms with E-state index in [2.05, 4.69) is 5.32 Å². The Labute approximate surface area is 185 Å². The number of aliphatic carboxylic acids is 1. The van der Waals surface area contributed by atoms with E-state index in [0.717, 1.165) is 4.90 Å². The van der Waals surface area contributed by atoms with Gasteiger partial charge in [-0.3, -0.25) is 19.2 Å². The summed E-state index contributed by atoms with van der Waals surface area (Å²) < 4.78 is 0. The Morgan fingerprint density at radius 1 is 1.10 bits per heavy atom. The lowest BCUT2D eigenvalue weighted by molar-refractivity contribution is -0.146. The van der Waals surface area contributed by atoms with Crippen molar-refractivity contribution < 1.29 is 24.3 Å². The van der Waals surface area contributed by atoms with Crippen molar-refractivity contribution >= 4 is 41.1 Å². The molecule has 1 fully saturated rings. The largest absolute Gasteiger partial charge is 0.481 e. The maximum Gasteiger partial charge on any atom is 0.307 e. The number of carboxylic acid groups (broad SMARTS) is 1. The number of hydrogen-bond acceptors (Lipinski definition) is 5. The zero-order valence-corrected chi connectivity index (χ0v) is 18.0. The second-order valence-electron chi connectivity index (χ2n) is 7.86. The molecular formula is C22H27N3O5S. The van der Waals surface area contributed by atoms with Gasteiger partial charge < -0.3 is 21.1 Å². The molecule has 0 spiro atoms. The highest BCUT2D eigenvalue weighted by Crippen LogP contribution is 2.28. The van der Waals surface area contributed by atoms with Crippen LogP contribution in [0.5, 0.6) is 0 Å². The number of primary amides is 1. The molecule has 2 unspecified atom stereocenters. The number of nitrogens with zero attached hydrogens (tertiary/aromatic N) is 1. The number of carbonyl (C=O) groups excluding carboxylic acids is 3. The fourth-order valence-electron chi connectivity index (χ4n) is 3.93. The highest BCUT2D eigenvalue weighted by molar-refractivity contribution is 8.00. The second-order valence-corrected chi connectivity index (χ2v) is 8.91. The predicted molar refractivity (Wildman–Crippen MR) is 117 cm³/mol. The predicted octanol–water partition coefficient (Wildman–Crippen LogP) is 2.11. The first-order valence-corrected chi connectivity index (χ1v) is 11.3. The van der Waals surface area contributed by atoms with Crippen LogP contribution in [0.25, 0.3) is 0 Å². The molecule has 1 aliphatic heterocycles. The minimum absolute atomic E-state index is 0.000604. The monoisotopic (exact) mass is 445 g/mol. The van der Waals surface area contributed by atoms with Gasteiger partial charge in [0, 0.05) is 29.6 Å². The Morgan fingerprint density at radius 3 is 2.42 bits per heavy atom. The van der Waals surface area contributed by atoms with Gasteiger partial charge in [-0.25, -0.2) is 0 Å². The smallest absolute Gasteiger partial charge is 0.307 e. The summed E-state index contributed by atoms with van der Waals surface area (Å²) in [5, 5.41) is 12.2. The Balaban J connectivity index is 1.53. The molecule has 1 aliphatic carbocycles. The zero-order valence-electron chi connectivity index (χ0n) is 17.2. The van der Waals surface area contributed by atoms with E-state index in [4.69, 9.17) is 5.73 Å². The molecule has 1 heterocycles. The number of benzene rings is 1. The van der Waals surface area contributed by atoms with Crippen molar-refractivity contribution in [3.8, 4) is 0 Å². The molecule has 0 aromatic heterocycles. The summed E-state index contributed by atoms with van der Waals surface area (Å²) in [6.45, 7) is 1.06. The van der Waals surface area contributed by atoms with Crippen LogP contribution >= 0.6 is 11.8 Å². The number of rotatable bonds is 7. The standard InChI is InChI=1S/C22H27N3O5S/c23-20(27)14-8-10-25(11-9-14)19(26)13-31-16-5-3-4-15(12-16)24-21(28)17-6-1-2-7-18(17)22(29)30/h1-5,12,14,17-18H,6-11,13H2,(H2,23,27)(H,24,28)(H,29,30). The fourth-order valence-corrected chi connectivity index (χ4v) is 4.78. The first kappa shape index (κ1) is 22.9. The summed E-state index contributed by atoms with van der Waals surface area (Å²) in [4.78, 5) is 50.4. The zero-order chi connectivity index (χ0) is 22.4. The van der Waals surface area contributed by atoms with E-state index in [1.165, 1.54) is 11.8 Å². The second kappa shape index (κ2) is 10.5. The van der Waals surface area contributed by atoms with Gasteiger partial charge in [-0.1, -0.05) is 18.2 Å². The van der Waals surface area contributed by atoms with Crippen LogP contribution in [-0.2, 0) is 19.2 Å². The normalized spacial score (nSPS) is 21.5. The van der Waals surface area contributed by atoms with E-state index >= 15 is 0 Å². The van der Waals surface area contributed by atoms with E-state index in [-0.39, 0.29) is 29.4 Å². The van der Waals surface area contributed by atoms with Crippen molar-refractivity contribution in [2.45, 2.75) is 30.6 Å². The first-order valence-electron chi connectivity index (χ1n) is 10.3. The van der Waals surface area contributed by atoms with Crippen molar-refractivity contribution in [1.82, 2.24) is 4.90 Å². The summed E-state index contributed by atoms with van der Waals surface area (Å²) in [7, 11) is 0. The van der Waals surface area contributed by atoms with Crippen molar-refractivity contribution in [2.75, 3.05) is 24.2 Å². The molecule has 166 valence electrons. The number of likely N-dealkylation sites (tertiary alicyclic amines) is 1. The summed E-state index contributed by atoms with van der Waals surface area (Å²) in [6.07, 6.45) is 5.59. The van der Waals surface area contributed by atoms with Crippen LogP contribution in [0.1, 0.15) is 25.7 Å². The molecule has 2 aliphatic rings. The van der Waals surface area contributed by atoms with Crippen LogP contribution in [0.2, 0.25) is 0 Å². The number of anilines is 1. The SMILES string of the molecule is NC(=O)C1CCN(C(=O)CSc2cccc(NC(=O)C3CC=CCC3C(=O)O)c2)CC1. The number of allylic oxidation sites excluding steroid dienone is 2. The van der Waals surface area contributed by atoms with Crippen LogP contribution in [0.3, 0.4) is 0 Å². The number of hydrogen-bond donors (Lipinski definition) is 3. The van der Waals surface area contributed by atoms with Crippen LogP contribution < -0.4 is 11.1 Å². The molecular weight excluding hydrogens is 418 g/mol. The summed E-state index contributed by atoms with van der Waals surface area (Å²) in [5.74, 6) is -2.81. The molecule has 0 bridgehead atoms. The Hall–Kier alpha value is -2.81. The molecule has 3 amide bonds. The number of nitrogens with one attached hydrogen (secondary N) is 1. The molecule has 2 atom stereocenters. The maximum atomic E-state index is 12.6. The van der Waals surface area contributed by atoms with Crippen molar-refractivity contribution in [3.63, 3.8) is 0 Å². The fraction of sp³-hybridized carbons (Fsp3) is 0.455. The molecule has 1 saturated heterocycles. The summed E-state index contributed by atoms with van der Waals surface area (Å²) in [5.41, 5.74) is 5.91. The van der Waals surface area contributed by atoms with E-state index < -0.39 is 17.8 Å². The van der Waals surface area contributed by atoms with Crippen molar-refractivity contribution in [3.05, 3.63) is 36.4 Å². The van der Waals surface area contributed by atoms with Gasteiger partial charge in [0.25, 0.3) is 0 Å². The van der Waals surface area contributed by atoms with E-state index in [1.54, 1.807) is 29.2 Å². The molecule has 1 aromatic rings. The number of piperidine rings is 1. The third-order valence-corrected chi connectivity index (χ3v) is 6.78. The summed E-state index contributed by atoms with van der Waals surface area (Å²) in [6, 6.07) is 7.17. The summed E-state index contributed by atoms with van der Waals surface area (Å²) >= 11 is 1.37. The highest BCUT2D eigenvalue weighted by atomic mass is 32.2. The molecule has 0 saturated carbocycles. The average Bonchev–Trinajstić information content (AvgIpc) is 2.77. The van der Waals surface area contributed by atoms with E-state index in [1.807, 2.05) is 12.1 Å². The van der Waals surface area contributed by atoms with Crippen LogP contribution in [0.4, 0.5) is 5.69 Å². The third kappa shape index (κ3) is 6.10. The number of nitrogens with two attached hydrogens (primary N) is 1. The Kier molecular flexibility index (Phi) is 7.73. The lowest BCUT2D eigenvalue weighted by atomic mass is 9.82. The van der Waals surface area contributed by atoms with Gasteiger partial charge in [0.1, 0.15) is 0 Å². The van der Waals surface area contributed by atoms with Crippen molar-refractivity contribution in [2.24, 2.45) is 23.5 Å². The number of carbonyl (C=O) groups is 4. The van der Waals surface area contributed by atoms with Gasteiger partial charge in [-0.2, -0.15) is 0 Å². The number of thioether (sulfide) groups is 1. The van der Waals surface area contributed by atoms with Gasteiger partial charge in [0.15, 0.2) is 0 Å². The number of amides is 3. The van der Waals surface area contributed by atoms with E-state index in [9.17, 15) is 24.3 Å². The molecule has 3 rings (SSSR count). The molecule has 1 aromatic carbocycles. The van der Waals surface area contributed by atoms with Gasteiger partial charge in [0.05, 0.1) is 17.6 Å². The minimum Gasteiger partial charge on any atom is -0.481 e. The molecule has 9 heteroatoms. The van der Waals surface area contributed by atoms with Crippen LogP contribution in [0, 0.1) is 17.8 Å². The van der Waals surface area contributed by atoms with Gasteiger partial charge in [-0.15, -0.1) is 11.8 Å². The minimum atomic E-state index is -0.966. The van der Waals surface area contributed by atoms with Crippen LogP contribution in [-0.4, -0.2) is 52.5 Å². The lowest BCUT2D eigenvalue weighted by Crippen LogP contribution is -2.42. The van der Waals surface area contributed by atoms with Crippen molar-refractivity contribution in [1.29, 1.82) is 0 Å². The average molecular weight is 446 g/mol. The Bertz CT molecular complexity index is 880. The molecule has 31 heavy (non-hydrogen) atoms. The third-order valence-electron chi connectivity index (χ3n) is 5.80. The van der Waals surface area contributed by atoms with Gasteiger partial charge >= 0.3 is 5.97 Å². The maximum absolute atomic E-state index is 12.6. The molecule has 0 radical (unpaired) electrons. The Morgan fingerprint density at radius 2 is 1.77 bits per heavy atom. The van der Waals surface area contributed by atoms with E-state index in [0.29, 0.717) is 44.5 Å². The lowest BCUT2D eigenvalue weighted by Gasteiger charge is -2.30. The first-order chi connectivity index (χ1) is 14.8. The molecule has 4 N–H and O–H groups in total. The van der Waals surface area contributed by atoms with Gasteiger partial charge in [-0.05, 0) is 43.9 Å².